The Morgan fingerprint density at radius 1 is 1.37 bits per heavy atom. The molecule has 5 heteroatoms. The number of thiocarbonyl (C=S) groups is 1. The largest absolute Gasteiger partial charge is 0.392 e. The second kappa shape index (κ2) is 5.92. The van der Waals surface area contributed by atoms with Crippen LogP contribution in [-0.2, 0) is 0 Å². The molecule has 0 aliphatic carbocycles. The van der Waals surface area contributed by atoms with Crippen LogP contribution in [0, 0.1) is 17.6 Å². The fourth-order valence-corrected chi connectivity index (χ4v) is 2.82. The van der Waals surface area contributed by atoms with Gasteiger partial charge in [0.1, 0.15) is 11.6 Å². The molecule has 1 unspecified atom stereocenters. The van der Waals surface area contributed by atoms with Gasteiger partial charge >= 0.3 is 0 Å². The molecule has 104 valence electrons. The summed E-state index contributed by atoms with van der Waals surface area (Å²) in [5.41, 5.74) is 6.13. The molecule has 2 nitrogen and oxygen atoms in total. The Balaban J connectivity index is 2.27. The van der Waals surface area contributed by atoms with Crippen LogP contribution in [0.4, 0.5) is 8.78 Å². The van der Waals surface area contributed by atoms with Crippen molar-refractivity contribution in [1.29, 1.82) is 0 Å². The number of nitrogens with zero attached hydrogens (tertiary/aromatic N) is 1. The lowest BCUT2D eigenvalue weighted by atomic mass is 9.95. The summed E-state index contributed by atoms with van der Waals surface area (Å²) in [6.45, 7) is 3.87. The normalized spacial score (nSPS) is 19.3. The van der Waals surface area contributed by atoms with Crippen LogP contribution in [0.1, 0.15) is 31.4 Å². The third-order valence-corrected chi connectivity index (χ3v) is 3.93. The molecule has 1 aromatic carbocycles. The molecule has 1 aliphatic rings. The third-order valence-electron chi connectivity index (χ3n) is 3.71. The van der Waals surface area contributed by atoms with Crippen LogP contribution in [-0.4, -0.2) is 23.0 Å². The zero-order valence-electron chi connectivity index (χ0n) is 10.9. The van der Waals surface area contributed by atoms with Crippen LogP contribution in [0.3, 0.4) is 0 Å². The standard InChI is InChI=1S/C14H18F2N2S/c1-9-4-6-18(7-5-9)13(14(17)19)11-3-2-10(15)8-12(11)16/h2-3,8-9,13H,4-7H2,1H3,(H2,17,19). The maximum atomic E-state index is 13.9. The molecule has 1 aliphatic heterocycles. The highest BCUT2D eigenvalue weighted by Crippen LogP contribution is 2.28. The summed E-state index contributed by atoms with van der Waals surface area (Å²) < 4.78 is 26.9. The first-order chi connectivity index (χ1) is 8.99. The second-order valence-electron chi connectivity index (χ2n) is 5.19. The summed E-state index contributed by atoms with van der Waals surface area (Å²) in [5, 5.41) is 0. The van der Waals surface area contributed by atoms with Gasteiger partial charge in [-0.3, -0.25) is 4.90 Å². The van der Waals surface area contributed by atoms with Crippen LogP contribution in [0.15, 0.2) is 18.2 Å². The number of benzene rings is 1. The minimum Gasteiger partial charge on any atom is -0.392 e. The van der Waals surface area contributed by atoms with Crippen LogP contribution < -0.4 is 5.73 Å². The zero-order chi connectivity index (χ0) is 14.0. The summed E-state index contributed by atoms with van der Waals surface area (Å²) in [4.78, 5) is 2.32. The molecule has 0 bridgehead atoms. The van der Waals surface area contributed by atoms with Crippen molar-refractivity contribution < 1.29 is 8.78 Å². The van der Waals surface area contributed by atoms with E-state index in [2.05, 4.69) is 11.8 Å². The summed E-state index contributed by atoms with van der Waals surface area (Å²) in [6.07, 6.45) is 2.09. The fourth-order valence-electron chi connectivity index (χ4n) is 2.54. The Morgan fingerprint density at radius 3 is 2.53 bits per heavy atom. The highest BCUT2D eigenvalue weighted by molar-refractivity contribution is 7.80. The number of halogens is 2. The van der Waals surface area contributed by atoms with Crippen LogP contribution in [0.25, 0.3) is 0 Å². The van der Waals surface area contributed by atoms with Gasteiger partial charge < -0.3 is 5.73 Å². The molecule has 1 heterocycles. The lowest BCUT2D eigenvalue weighted by molar-refractivity contribution is 0.169. The van der Waals surface area contributed by atoms with E-state index in [1.54, 1.807) is 0 Å². The Bertz CT molecular complexity index is 471. The van der Waals surface area contributed by atoms with E-state index < -0.39 is 17.7 Å². The van der Waals surface area contributed by atoms with Gasteiger partial charge in [0, 0.05) is 11.6 Å². The summed E-state index contributed by atoms with van der Waals surface area (Å²) >= 11 is 5.08. The SMILES string of the molecule is CC1CCN(C(C(N)=S)c2ccc(F)cc2F)CC1. The van der Waals surface area contributed by atoms with E-state index in [1.807, 2.05) is 0 Å². The maximum Gasteiger partial charge on any atom is 0.131 e. The van der Waals surface area contributed by atoms with Crippen molar-refractivity contribution in [3.05, 3.63) is 35.4 Å². The molecule has 1 atom stereocenters. The molecule has 0 saturated carbocycles. The minimum atomic E-state index is -0.588. The molecule has 0 spiro atoms. The first-order valence-corrected chi connectivity index (χ1v) is 6.88. The van der Waals surface area contributed by atoms with E-state index in [0.717, 1.165) is 32.0 Å². The first-order valence-electron chi connectivity index (χ1n) is 6.47. The molecule has 1 fully saturated rings. The van der Waals surface area contributed by atoms with E-state index >= 15 is 0 Å². The van der Waals surface area contributed by atoms with Crippen molar-refractivity contribution in [1.82, 2.24) is 4.90 Å². The maximum absolute atomic E-state index is 13.9. The van der Waals surface area contributed by atoms with Crippen molar-refractivity contribution >= 4 is 17.2 Å². The van der Waals surface area contributed by atoms with Crippen molar-refractivity contribution in [2.24, 2.45) is 11.7 Å². The summed E-state index contributed by atoms with van der Waals surface area (Å²) in [6, 6.07) is 3.12. The highest BCUT2D eigenvalue weighted by atomic mass is 32.1. The average Bonchev–Trinajstić information content (AvgIpc) is 2.34. The van der Waals surface area contributed by atoms with E-state index in [1.165, 1.54) is 12.1 Å². The second-order valence-corrected chi connectivity index (χ2v) is 5.66. The Kier molecular flexibility index (Phi) is 4.47. The van der Waals surface area contributed by atoms with Crippen LogP contribution in [0.5, 0.6) is 0 Å². The summed E-state index contributed by atoms with van der Waals surface area (Å²) in [7, 11) is 0. The quantitative estimate of drug-likeness (QED) is 0.865. The Labute approximate surface area is 117 Å². The number of hydrogen-bond acceptors (Lipinski definition) is 2. The van der Waals surface area contributed by atoms with Gasteiger partial charge in [0.05, 0.1) is 11.0 Å². The molecule has 2 N–H and O–H groups in total. The van der Waals surface area contributed by atoms with E-state index in [0.29, 0.717) is 11.5 Å². The van der Waals surface area contributed by atoms with Gasteiger partial charge in [-0.1, -0.05) is 25.2 Å². The first kappa shape index (κ1) is 14.3. The number of hydrogen-bond donors (Lipinski definition) is 1. The Morgan fingerprint density at radius 2 is 2.00 bits per heavy atom. The lowest BCUT2D eigenvalue weighted by Crippen LogP contribution is -2.42. The molecule has 1 aromatic rings. The fraction of sp³-hybridized carbons (Fsp3) is 0.500. The summed E-state index contributed by atoms with van der Waals surface area (Å²) in [5.74, 6) is -0.507. The van der Waals surface area contributed by atoms with Gasteiger partial charge in [0.2, 0.25) is 0 Å². The van der Waals surface area contributed by atoms with Crippen molar-refractivity contribution in [2.75, 3.05) is 13.1 Å². The predicted molar refractivity (Wildman–Crippen MR) is 75.9 cm³/mol. The van der Waals surface area contributed by atoms with E-state index in [9.17, 15) is 8.78 Å². The molecule has 0 radical (unpaired) electrons. The molecular weight excluding hydrogens is 266 g/mol. The van der Waals surface area contributed by atoms with E-state index in [-0.39, 0.29) is 4.99 Å². The van der Waals surface area contributed by atoms with Gasteiger partial charge in [-0.25, -0.2) is 8.78 Å². The molecule has 0 amide bonds. The number of rotatable bonds is 3. The average molecular weight is 284 g/mol. The monoisotopic (exact) mass is 284 g/mol. The molecule has 1 saturated heterocycles. The van der Waals surface area contributed by atoms with Crippen LogP contribution in [0.2, 0.25) is 0 Å². The van der Waals surface area contributed by atoms with Crippen molar-refractivity contribution in [2.45, 2.75) is 25.8 Å². The zero-order valence-corrected chi connectivity index (χ0v) is 11.7. The molecule has 0 aromatic heterocycles. The number of piperidine rings is 1. The van der Waals surface area contributed by atoms with Crippen LogP contribution >= 0.6 is 12.2 Å². The third kappa shape index (κ3) is 3.28. The van der Waals surface area contributed by atoms with Gasteiger partial charge in [0.25, 0.3) is 0 Å². The molecular formula is C14H18F2N2S. The molecule has 19 heavy (non-hydrogen) atoms. The molecule has 2 rings (SSSR count). The smallest absolute Gasteiger partial charge is 0.131 e. The number of nitrogens with two attached hydrogens (primary N) is 1. The minimum absolute atomic E-state index is 0.236. The highest BCUT2D eigenvalue weighted by Gasteiger charge is 2.28. The van der Waals surface area contributed by atoms with Crippen molar-refractivity contribution in [3.8, 4) is 0 Å². The van der Waals surface area contributed by atoms with Gasteiger partial charge in [-0.15, -0.1) is 0 Å². The lowest BCUT2D eigenvalue weighted by Gasteiger charge is -2.36. The van der Waals surface area contributed by atoms with Gasteiger partial charge in [0.15, 0.2) is 0 Å². The van der Waals surface area contributed by atoms with Gasteiger partial charge in [-0.2, -0.15) is 0 Å². The topological polar surface area (TPSA) is 29.3 Å². The Hall–Kier alpha value is -1.07. The van der Waals surface area contributed by atoms with Gasteiger partial charge in [-0.05, 0) is 37.9 Å². The number of likely N-dealkylation sites (tertiary alicyclic amines) is 1. The predicted octanol–water partition coefficient (Wildman–Crippen LogP) is 3.02. The van der Waals surface area contributed by atoms with Crippen molar-refractivity contribution in [3.63, 3.8) is 0 Å². The van der Waals surface area contributed by atoms with E-state index in [4.69, 9.17) is 18.0 Å².